The topological polar surface area (TPSA) is 120 Å². The SMILES string of the molecule is CC1=CC(c2c(O)[nH]c(=O)[nH]c2=O)=CC(=O)C1=O. The van der Waals surface area contributed by atoms with E-state index in [1.165, 1.54) is 13.0 Å². The number of aromatic amines is 2. The first kappa shape index (κ1) is 11.8. The van der Waals surface area contributed by atoms with Crippen molar-refractivity contribution in [2.24, 2.45) is 0 Å². The fourth-order valence-electron chi connectivity index (χ4n) is 1.63. The van der Waals surface area contributed by atoms with Crippen molar-refractivity contribution in [1.82, 2.24) is 9.97 Å². The zero-order valence-electron chi connectivity index (χ0n) is 9.23. The predicted octanol–water partition coefficient (Wildman–Crippen LogP) is -0.750. The van der Waals surface area contributed by atoms with Crippen LogP contribution in [0.15, 0.2) is 27.3 Å². The Morgan fingerprint density at radius 3 is 2.28 bits per heavy atom. The highest BCUT2D eigenvalue weighted by Gasteiger charge is 2.23. The summed E-state index contributed by atoms with van der Waals surface area (Å²) in [6.07, 6.45) is 2.24. The van der Waals surface area contributed by atoms with Crippen LogP contribution in [0.5, 0.6) is 5.88 Å². The molecule has 1 aromatic heterocycles. The van der Waals surface area contributed by atoms with Gasteiger partial charge in [0.2, 0.25) is 17.4 Å². The van der Waals surface area contributed by atoms with Crippen molar-refractivity contribution < 1.29 is 14.7 Å². The second-order valence-electron chi connectivity index (χ2n) is 3.75. The van der Waals surface area contributed by atoms with E-state index in [1.807, 2.05) is 9.97 Å². The minimum absolute atomic E-state index is 0.0760. The number of hydrogen-bond donors (Lipinski definition) is 3. The molecule has 0 saturated carbocycles. The molecule has 0 fully saturated rings. The molecule has 0 saturated heterocycles. The first-order valence-corrected chi connectivity index (χ1v) is 4.94. The van der Waals surface area contributed by atoms with Gasteiger partial charge in [0.05, 0.1) is 0 Å². The Bertz CT molecular complexity index is 733. The summed E-state index contributed by atoms with van der Waals surface area (Å²) in [5.41, 5.74) is -1.72. The first-order chi connectivity index (χ1) is 8.40. The Labute approximate surface area is 99.5 Å². The van der Waals surface area contributed by atoms with Crippen LogP contribution in [0.1, 0.15) is 12.5 Å². The molecule has 18 heavy (non-hydrogen) atoms. The third-order valence-corrected chi connectivity index (χ3v) is 2.45. The first-order valence-electron chi connectivity index (χ1n) is 4.94. The summed E-state index contributed by atoms with van der Waals surface area (Å²) in [6, 6.07) is 0. The number of aromatic nitrogens is 2. The molecule has 0 atom stereocenters. The molecule has 0 unspecified atom stereocenters. The number of nitrogens with one attached hydrogen (secondary N) is 2. The van der Waals surface area contributed by atoms with Gasteiger partial charge in [0.25, 0.3) is 5.56 Å². The van der Waals surface area contributed by atoms with Crippen molar-refractivity contribution in [2.45, 2.75) is 6.92 Å². The normalized spacial score (nSPS) is 15.4. The van der Waals surface area contributed by atoms with Crippen LogP contribution in [0.4, 0.5) is 0 Å². The molecule has 0 bridgehead atoms. The lowest BCUT2D eigenvalue weighted by Crippen LogP contribution is -2.26. The third-order valence-electron chi connectivity index (χ3n) is 2.45. The average molecular weight is 248 g/mol. The van der Waals surface area contributed by atoms with Crippen molar-refractivity contribution in [1.29, 1.82) is 0 Å². The number of rotatable bonds is 1. The van der Waals surface area contributed by atoms with Crippen LogP contribution in [0.2, 0.25) is 0 Å². The largest absolute Gasteiger partial charge is 0.494 e. The van der Waals surface area contributed by atoms with E-state index in [-0.39, 0.29) is 16.7 Å². The lowest BCUT2D eigenvalue weighted by molar-refractivity contribution is -0.131. The monoisotopic (exact) mass is 248 g/mol. The van der Waals surface area contributed by atoms with Crippen LogP contribution >= 0.6 is 0 Å². The number of carbonyl (C=O) groups excluding carboxylic acids is 2. The fourth-order valence-corrected chi connectivity index (χ4v) is 1.63. The molecule has 0 radical (unpaired) electrons. The van der Waals surface area contributed by atoms with Crippen LogP contribution < -0.4 is 11.2 Å². The second-order valence-corrected chi connectivity index (χ2v) is 3.75. The molecule has 1 aromatic rings. The van der Waals surface area contributed by atoms with E-state index in [2.05, 4.69) is 0 Å². The van der Waals surface area contributed by atoms with E-state index in [1.54, 1.807) is 0 Å². The summed E-state index contributed by atoms with van der Waals surface area (Å²) in [5.74, 6) is -2.10. The van der Waals surface area contributed by atoms with Gasteiger partial charge < -0.3 is 5.11 Å². The number of ketones is 2. The third kappa shape index (κ3) is 1.81. The molecular formula is C11H8N2O5. The van der Waals surface area contributed by atoms with Crippen molar-refractivity contribution in [3.63, 3.8) is 0 Å². The van der Waals surface area contributed by atoms with E-state index in [4.69, 9.17) is 0 Å². The highest BCUT2D eigenvalue weighted by atomic mass is 16.3. The van der Waals surface area contributed by atoms with Crippen LogP contribution in [0, 0.1) is 0 Å². The molecule has 0 spiro atoms. The van der Waals surface area contributed by atoms with E-state index in [9.17, 15) is 24.3 Å². The zero-order valence-corrected chi connectivity index (χ0v) is 9.23. The Balaban J connectivity index is 2.69. The maximum atomic E-state index is 11.6. The number of aromatic hydroxyl groups is 1. The smallest absolute Gasteiger partial charge is 0.328 e. The lowest BCUT2D eigenvalue weighted by Gasteiger charge is -2.09. The van der Waals surface area contributed by atoms with Crippen molar-refractivity contribution >= 4 is 17.1 Å². The maximum absolute atomic E-state index is 11.6. The highest BCUT2D eigenvalue weighted by molar-refractivity contribution is 6.49. The second kappa shape index (κ2) is 3.95. The van der Waals surface area contributed by atoms with Crippen LogP contribution in [0.3, 0.4) is 0 Å². The van der Waals surface area contributed by atoms with Crippen molar-refractivity contribution in [3.05, 3.63) is 44.1 Å². The van der Waals surface area contributed by atoms with Crippen LogP contribution in [0.25, 0.3) is 5.57 Å². The molecule has 1 heterocycles. The average Bonchev–Trinajstić information content (AvgIpc) is 2.24. The molecule has 92 valence electrons. The number of carbonyl (C=O) groups is 2. The zero-order chi connectivity index (χ0) is 13.4. The van der Waals surface area contributed by atoms with Gasteiger partial charge in [-0.25, -0.2) is 4.79 Å². The molecular weight excluding hydrogens is 240 g/mol. The minimum Gasteiger partial charge on any atom is -0.494 e. The highest BCUT2D eigenvalue weighted by Crippen LogP contribution is 2.23. The Morgan fingerprint density at radius 1 is 1.06 bits per heavy atom. The van der Waals surface area contributed by atoms with Crippen LogP contribution in [-0.2, 0) is 9.59 Å². The van der Waals surface area contributed by atoms with Gasteiger partial charge in [-0.15, -0.1) is 0 Å². The van der Waals surface area contributed by atoms with Gasteiger partial charge in [-0.05, 0) is 24.6 Å². The lowest BCUT2D eigenvalue weighted by atomic mass is 9.95. The van der Waals surface area contributed by atoms with Crippen molar-refractivity contribution in [3.8, 4) is 5.88 Å². The Morgan fingerprint density at radius 2 is 1.72 bits per heavy atom. The molecule has 0 aromatic carbocycles. The Kier molecular flexibility index (Phi) is 2.59. The minimum atomic E-state index is -0.860. The summed E-state index contributed by atoms with van der Waals surface area (Å²) in [6.45, 7) is 1.42. The Hall–Kier alpha value is -2.70. The summed E-state index contributed by atoms with van der Waals surface area (Å²) in [4.78, 5) is 49.0. The molecule has 1 aliphatic rings. The summed E-state index contributed by atoms with van der Waals surface area (Å²) in [5, 5.41) is 9.52. The molecule has 7 heteroatoms. The number of H-pyrrole nitrogens is 2. The van der Waals surface area contributed by atoms with Gasteiger partial charge in [0.15, 0.2) is 0 Å². The summed E-state index contributed by atoms with van der Waals surface area (Å²) >= 11 is 0. The van der Waals surface area contributed by atoms with E-state index in [0.717, 1.165) is 6.08 Å². The van der Waals surface area contributed by atoms with Gasteiger partial charge in [-0.1, -0.05) is 0 Å². The van der Waals surface area contributed by atoms with Gasteiger partial charge in [-0.2, -0.15) is 0 Å². The number of Topliss-reactive ketones (excluding diaryl/α,β-unsaturated/α-hetero) is 1. The summed E-state index contributed by atoms with van der Waals surface area (Å²) < 4.78 is 0. The quantitative estimate of drug-likeness (QED) is 0.446. The van der Waals surface area contributed by atoms with Gasteiger partial charge in [0.1, 0.15) is 5.56 Å². The maximum Gasteiger partial charge on any atom is 0.328 e. The molecule has 3 N–H and O–H groups in total. The fraction of sp³-hybridized carbons (Fsp3) is 0.0909. The van der Waals surface area contributed by atoms with Gasteiger partial charge in [0, 0.05) is 5.57 Å². The van der Waals surface area contributed by atoms with Gasteiger partial charge in [-0.3, -0.25) is 24.4 Å². The summed E-state index contributed by atoms with van der Waals surface area (Å²) in [7, 11) is 0. The van der Waals surface area contributed by atoms with Gasteiger partial charge >= 0.3 is 5.69 Å². The van der Waals surface area contributed by atoms with E-state index >= 15 is 0 Å². The van der Waals surface area contributed by atoms with Crippen molar-refractivity contribution in [2.75, 3.05) is 0 Å². The molecule has 0 aliphatic heterocycles. The standard InChI is InChI=1S/C11H8N2O5/c1-4-2-5(3-6(14)8(4)15)7-9(16)12-11(18)13-10(7)17/h2-3H,1H3,(H3,12,13,16,17,18). The molecule has 1 aliphatic carbocycles. The molecule has 7 nitrogen and oxygen atoms in total. The molecule has 2 rings (SSSR count). The van der Waals surface area contributed by atoms with Crippen LogP contribution in [-0.4, -0.2) is 26.6 Å². The predicted molar refractivity (Wildman–Crippen MR) is 61.1 cm³/mol. The van der Waals surface area contributed by atoms with E-state index < -0.39 is 28.7 Å². The van der Waals surface area contributed by atoms with E-state index in [0.29, 0.717) is 0 Å². The molecule has 0 amide bonds. The number of allylic oxidation sites excluding steroid dienone is 4. The number of hydrogen-bond acceptors (Lipinski definition) is 5.